The fourth-order valence-electron chi connectivity index (χ4n) is 2.71. The minimum Gasteiger partial charge on any atom is -0.341 e. The average molecular weight is 282 g/mol. The van der Waals surface area contributed by atoms with Gasteiger partial charge in [-0.1, -0.05) is 28.5 Å². The number of para-hydroxylation sites is 1. The Morgan fingerprint density at radius 1 is 1.29 bits per heavy atom. The molecule has 4 rings (SSSR count). The molecule has 21 heavy (non-hydrogen) atoms. The Balaban J connectivity index is 1.69. The van der Waals surface area contributed by atoms with Gasteiger partial charge in [-0.3, -0.25) is 0 Å². The molecule has 2 aromatic heterocycles. The first-order valence-corrected chi connectivity index (χ1v) is 7.39. The zero-order valence-electron chi connectivity index (χ0n) is 12.0. The first-order valence-electron chi connectivity index (χ1n) is 7.39. The molecule has 0 unspecified atom stereocenters. The normalized spacial score (nSPS) is 14.9. The molecule has 5 nitrogen and oxygen atoms in total. The zero-order valence-corrected chi connectivity index (χ0v) is 12.0. The van der Waals surface area contributed by atoms with Crippen LogP contribution in [0.15, 0.2) is 35.1 Å². The van der Waals surface area contributed by atoms with Crippen LogP contribution in [0.4, 0.5) is 0 Å². The van der Waals surface area contributed by atoms with Crippen LogP contribution in [0.25, 0.3) is 10.9 Å². The van der Waals surface area contributed by atoms with E-state index in [2.05, 4.69) is 50.7 Å². The van der Waals surface area contributed by atoms with Crippen LogP contribution in [-0.2, 0) is 13.1 Å². The van der Waals surface area contributed by atoms with E-state index in [4.69, 9.17) is 4.63 Å². The number of hydrogen-bond donors (Lipinski definition) is 1. The molecule has 2 heterocycles. The number of nitrogens with one attached hydrogen (secondary N) is 1. The number of fused-ring (bicyclic) bond motifs is 1. The first kappa shape index (κ1) is 12.6. The van der Waals surface area contributed by atoms with E-state index in [1.807, 2.05) is 6.92 Å². The van der Waals surface area contributed by atoms with E-state index >= 15 is 0 Å². The molecule has 1 N–H and O–H groups in total. The zero-order chi connectivity index (χ0) is 14.2. The highest BCUT2D eigenvalue weighted by Gasteiger charge is 2.20. The number of aromatic nitrogens is 3. The van der Waals surface area contributed by atoms with E-state index in [9.17, 15) is 0 Å². The largest absolute Gasteiger partial charge is 0.341 e. The van der Waals surface area contributed by atoms with Gasteiger partial charge in [0.1, 0.15) is 11.4 Å². The summed E-state index contributed by atoms with van der Waals surface area (Å²) in [5.74, 6) is 0. The smallest absolute Gasteiger partial charge is 0.127 e. The molecule has 0 radical (unpaired) electrons. The van der Waals surface area contributed by atoms with Gasteiger partial charge >= 0.3 is 0 Å². The molecule has 1 aliphatic rings. The van der Waals surface area contributed by atoms with E-state index in [0.29, 0.717) is 12.6 Å². The third-order valence-corrected chi connectivity index (χ3v) is 4.10. The van der Waals surface area contributed by atoms with Crippen molar-refractivity contribution in [1.82, 2.24) is 20.2 Å². The number of hydrogen-bond acceptors (Lipinski definition) is 4. The van der Waals surface area contributed by atoms with Gasteiger partial charge < -0.3 is 9.88 Å². The molecule has 1 aromatic carbocycles. The van der Waals surface area contributed by atoms with Gasteiger partial charge in [0.15, 0.2) is 0 Å². The molecule has 0 saturated heterocycles. The summed E-state index contributed by atoms with van der Waals surface area (Å²) in [5.41, 5.74) is 4.34. The molecule has 0 atom stereocenters. The van der Waals surface area contributed by atoms with Crippen LogP contribution in [0, 0.1) is 6.92 Å². The Bertz CT molecular complexity index is 770. The van der Waals surface area contributed by atoms with Gasteiger partial charge in [0.25, 0.3) is 0 Å². The number of rotatable bonds is 5. The van der Waals surface area contributed by atoms with Crippen LogP contribution in [0.3, 0.4) is 0 Å². The second-order valence-corrected chi connectivity index (χ2v) is 5.75. The predicted octanol–water partition coefficient (Wildman–Crippen LogP) is 2.63. The Kier molecular flexibility index (Phi) is 3.00. The predicted molar refractivity (Wildman–Crippen MR) is 79.9 cm³/mol. The lowest BCUT2D eigenvalue weighted by atomic mass is 10.1. The molecule has 0 aliphatic heterocycles. The second kappa shape index (κ2) is 5.00. The third-order valence-electron chi connectivity index (χ3n) is 4.10. The minimum absolute atomic E-state index is 0.694. The van der Waals surface area contributed by atoms with Crippen molar-refractivity contribution in [2.24, 2.45) is 0 Å². The molecular weight excluding hydrogens is 264 g/mol. The van der Waals surface area contributed by atoms with Crippen molar-refractivity contribution < 1.29 is 4.63 Å². The molecule has 5 heteroatoms. The van der Waals surface area contributed by atoms with Crippen LogP contribution in [-0.4, -0.2) is 20.9 Å². The molecule has 0 bridgehead atoms. The van der Waals surface area contributed by atoms with E-state index < -0.39 is 0 Å². The van der Waals surface area contributed by atoms with Gasteiger partial charge in [-0.2, -0.15) is 0 Å². The Labute approximate surface area is 122 Å². The quantitative estimate of drug-likeness (QED) is 0.781. The van der Waals surface area contributed by atoms with Crippen molar-refractivity contribution in [3.63, 3.8) is 0 Å². The summed E-state index contributed by atoms with van der Waals surface area (Å²) in [6, 6.07) is 9.34. The topological polar surface area (TPSA) is 55.9 Å². The maximum atomic E-state index is 4.80. The van der Waals surface area contributed by atoms with Crippen LogP contribution in [0.2, 0.25) is 0 Å². The SMILES string of the molecule is Cc1nonc1Cn1ccc2cccc(CNC3CC3)c21. The fourth-order valence-corrected chi connectivity index (χ4v) is 2.71. The van der Waals surface area contributed by atoms with Crippen LogP contribution < -0.4 is 5.32 Å². The van der Waals surface area contributed by atoms with E-state index in [-0.39, 0.29) is 0 Å². The summed E-state index contributed by atoms with van der Waals surface area (Å²) >= 11 is 0. The highest BCUT2D eigenvalue weighted by Crippen LogP contribution is 2.24. The maximum Gasteiger partial charge on any atom is 0.127 e. The van der Waals surface area contributed by atoms with Gasteiger partial charge in [-0.25, -0.2) is 4.63 Å². The van der Waals surface area contributed by atoms with Gasteiger partial charge in [0.05, 0.1) is 12.1 Å². The Morgan fingerprint density at radius 2 is 2.19 bits per heavy atom. The Morgan fingerprint density at radius 3 is 2.95 bits per heavy atom. The van der Waals surface area contributed by atoms with Gasteiger partial charge in [0, 0.05) is 18.8 Å². The van der Waals surface area contributed by atoms with Crippen LogP contribution in [0.1, 0.15) is 29.8 Å². The average Bonchev–Trinajstić information content (AvgIpc) is 3.11. The molecule has 0 amide bonds. The second-order valence-electron chi connectivity index (χ2n) is 5.75. The van der Waals surface area contributed by atoms with Crippen molar-refractivity contribution in [3.8, 4) is 0 Å². The first-order chi connectivity index (χ1) is 10.3. The van der Waals surface area contributed by atoms with Crippen molar-refractivity contribution in [2.45, 2.75) is 38.9 Å². The monoisotopic (exact) mass is 282 g/mol. The molecular formula is C16H18N4O. The lowest BCUT2D eigenvalue weighted by Gasteiger charge is -2.09. The molecule has 0 spiro atoms. The lowest BCUT2D eigenvalue weighted by Crippen LogP contribution is -2.16. The van der Waals surface area contributed by atoms with Crippen molar-refractivity contribution in [2.75, 3.05) is 0 Å². The third kappa shape index (κ3) is 2.45. The van der Waals surface area contributed by atoms with E-state index in [1.54, 1.807) is 0 Å². The minimum atomic E-state index is 0.694. The van der Waals surface area contributed by atoms with Gasteiger partial charge in [0.2, 0.25) is 0 Å². The number of nitrogens with zero attached hydrogens (tertiary/aromatic N) is 3. The van der Waals surface area contributed by atoms with Crippen molar-refractivity contribution >= 4 is 10.9 Å². The summed E-state index contributed by atoms with van der Waals surface area (Å²) in [5, 5.41) is 12.7. The van der Waals surface area contributed by atoms with Crippen LogP contribution in [0.5, 0.6) is 0 Å². The van der Waals surface area contributed by atoms with Crippen LogP contribution >= 0.6 is 0 Å². The summed E-state index contributed by atoms with van der Waals surface area (Å²) in [6.07, 6.45) is 4.72. The highest BCUT2D eigenvalue weighted by atomic mass is 16.6. The number of aryl methyl sites for hydroxylation is 1. The van der Waals surface area contributed by atoms with Gasteiger partial charge in [-0.15, -0.1) is 0 Å². The van der Waals surface area contributed by atoms with E-state index in [1.165, 1.54) is 29.3 Å². The maximum absolute atomic E-state index is 4.80. The summed E-state index contributed by atoms with van der Waals surface area (Å²) < 4.78 is 7.03. The molecule has 108 valence electrons. The van der Waals surface area contributed by atoms with Crippen molar-refractivity contribution in [1.29, 1.82) is 0 Å². The van der Waals surface area contributed by atoms with E-state index in [0.717, 1.165) is 17.9 Å². The summed E-state index contributed by atoms with van der Waals surface area (Å²) in [4.78, 5) is 0. The molecule has 1 saturated carbocycles. The molecule has 1 aliphatic carbocycles. The molecule has 3 aromatic rings. The summed E-state index contributed by atoms with van der Waals surface area (Å²) in [7, 11) is 0. The number of benzene rings is 1. The lowest BCUT2D eigenvalue weighted by molar-refractivity contribution is 0.300. The fraction of sp³-hybridized carbons (Fsp3) is 0.375. The Hall–Kier alpha value is -2.14. The standard InChI is InChI=1S/C16H18N4O/c1-11-15(19-21-18-11)10-20-8-7-12-3-2-4-13(16(12)20)9-17-14-5-6-14/h2-4,7-8,14,17H,5-6,9-10H2,1H3. The summed E-state index contributed by atoms with van der Waals surface area (Å²) in [6.45, 7) is 3.54. The highest BCUT2D eigenvalue weighted by molar-refractivity contribution is 5.83. The van der Waals surface area contributed by atoms with Gasteiger partial charge in [-0.05, 0) is 36.8 Å². The molecule has 1 fully saturated rings. The van der Waals surface area contributed by atoms with Crippen molar-refractivity contribution in [3.05, 3.63) is 47.4 Å².